The lowest BCUT2D eigenvalue weighted by Crippen LogP contribution is -2.34. The van der Waals surface area contributed by atoms with Crippen molar-refractivity contribution in [2.75, 3.05) is 11.9 Å². The largest absolute Gasteiger partial charge is 0.443 e. The predicted molar refractivity (Wildman–Crippen MR) is 129 cm³/mol. The van der Waals surface area contributed by atoms with Gasteiger partial charge in [0.15, 0.2) is 5.82 Å². The quantitative estimate of drug-likeness (QED) is 0.393. The van der Waals surface area contributed by atoms with E-state index in [1.165, 1.54) is 17.0 Å². The van der Waals surface area contributed by atoms with Gasteiger partial charge in [0.2, 0.25) is 0 Å². The minimum absolute atomic E-state index is 0.217. The van der Waals surface area contributed by atoms with E-state index in [1.54, 1.807) is 46.3 Å². The van der Waals surface area contributed by atoms with E-state index < -0.39 is 17.5 Å². The van der Waals surface area contributed by atoms with Crippen LogP contribution in [0.25, 0.3) is 33.3 Å². The Labute approximate surface area is 196 Å². The molecule has 4 aromatic rings. The van der Waals surface area contributed by atoms with E-state index in [9.17, 15) is 14.4 Å². The van der Waals surface area contributed by atoms with Crippen molar-refractivity contribution in [3.8, 4) is 17.3 Å². The summed E-state index contributed by atoms with van der Waals surface area (Å²) in [5.74, 6) is -0.169. The molecule has 0 bridgehead atoms. The van der Waals surface area contributed by atoms with Crippen LogP contribution in [0.15, 0.2) is 43.2 Å². The van der Waals surface area contributed by atoms with Crippen molar-refractivity contribution in [2.24, 2.45) is 7.05 Å². The molecular formula is C25H25FN6O2. The summed E-state index contributed by atoms with van der Waals surface area (Å²) in [6.45, 7) is 9.61. The maximum absolute atomic E-state index is 14.3. The summed E-state index contributed by atoms with van der Waals surface area (Å²) in [7, 11) is 3.44. The number of imidazole rings is 1. The number of allylic oxidation sites excluding steroid dienone is 1. The highest BCUT2D eigenvalue weighted by Gasteiger charge is 2.26. The zero-order valence-electron chi connectivity index (χ0n) is 19.8. The summed E-state index contributed by atoms with van der Waals surface area (Å²) in [6.07, 6.45) is 2.80. The topological polar surface area (TPSA) is 89.0 Å². The van der Waals surface area contributed by atoms with Crippen molar-refractivity contribution in [2.45, 2.75) is 32.9 Å². The first kappa shape index (κ1) is 23.0. The minimum Gasteiger partial charge on any atom is -0.443 e. The van der Waals surface area contributed by atoms with E-state index in [4.69, 9.17) is 9.72 Å². The Morgan fingerprint density at radius 1 is 1.32 bits per heavy atom. The number of fused-ring (bicyclic) bond motifs is 3. The third kappa shape index (κ3) is 3.99. The third-order valence-electron chi connectivity index (χ3n) is 5.30. The summed E-state index contributed by atoms with van der Waals surface area (Å²) in [5, 5.41) is 10.1. The second-order valence-electron chi connectivity index (χ2n) is 9.03. The number of hydrogen-bond donors (Lipinski definition) is 0. The second kappa shape index (κ2) is 8.30. The minimum atomic E-state index is -0.676. The van der Waals surface area contributed by atoms with E-state index in [-0.39, 0.29) is 5.56 Å². The number of nitrogens with zero attached hydrogens (tertiary/aromatic N) is 6. The summed E-state index contributed by atoms with van der Waals surface area (Å²) < 4.78 is 23.5. The average Bonchev–Trinajstić information content (AvgIpc) is 3.32. The normalized spacial score (nSPS) is 11.6. The number of ether oxygens (including phenoxy) is 1. The molecule has 0 saturated carbocycles. The molecule has 4 rings (SSSR count). The Hall–Kier alpha value is -4.19. The first-order chi connectivity index (χ1) is 16.0. The first-order valence-electron chi connectivity index (χ1n) is 10.7. The van der Waals surface area contributed by atoms with Crippen LogP contribution >= 0.6 is 0 Å². The molecule has 3 aromatic heterocycles. The average molecular weight is 461 g/mol. The van der Waals surface area contributed by atoms with Crippen molar-refractivity contribution < 1.29 is 13.9 Å². The number of carbonyl (C=O) groups excluding carboxylic acids is 1. The molecular weight excluding hydrogens is 435 g/mol. The van der Waals surface area contributed by atoms with Crippen molar-refractivity contribution in [1.29, 1.82) is 5.26 Å². The fourth-order valence-corrected chi connectivity index (χ4v) is 3.90. The van der Waals surface area contributed by atoms with Gasteiger partial charge in [0.25, 0.3) is 0 Å². The van der Waals surface area contributed by atoms with Gasteiger partial charge in [-0.05, 0) is 45.0 Å². The number of aryl methyl sites for hydroxylation is 1. The van der Waals surface area contributed by atoms with Crippen molar-refractivity contribution in [1.82, 2.24) is 19.1 Å². The number of carbonyl (C=O) groups is 1. The molecule has 1 aromatic carbocycles. The maximum Gasteiger partial charge on any atom is 0.415 e. The molecule has 0 radical (unpaired) electrons. The number of hydrogen-bond acceptors (Lipinski definition) is 5. The summed E-state index contributed by atoms with van der Waals surface area (Å²) in [4.78, 5) is 23.4. The fraction of sp³-hybridized carbons (Fsp3) is 0.280. The Morgan fingerprint density at radius 2 is 2.06 bits per heavy atom. The lowest BCUT2D eigenvalue weighted by Gasteiger charge is -2.24. The molecule has 3 heterocycles. The van der Waals surface area contributed by atoms with Crippen LogP contribution in [0.2, 0.25) is 0 Å². The highest BCUT2D eigenvalue weighted by molar-refractivity contribution is 6.10. The van der Waals surface area contributed by atoms with Crippen molar-refractivity contribution >= 4 is 34.0 Å². The van der Waals surface area contributed by atoms with E-state index in [0.29, 0.717) is 34.8 Å². The molecule has 174 valence electrons. The van der Waals surface area contributed by atoms with Crippen LogP contribution in [-0.2, 0) is 18.3 Å². The molecule has 8 nitrogen and oxygen atoms in total. The molecule has 0 atom stereocenters. The van der Waals surface area contributed by atoms with Crippen LogP contribution in [0.1, 0.15) is 26.3 Å². The lowest BCUT2D eigenvalue weighted by atomic mass is 10.1. The number of aromatic nitrogens is 4. The highest BCUT2D eigenvalue weighted by Crippen LogP contribution is 2.36. The van der Waals surface area contributed by atoms with Crippen LogP contribution in [0, 0.1) is 17.1 Å². The molecule has 0 fully saturated rings. The van der Waals surface area contributed by atoms with Gasteiger partial charge in [-0.3, -0.25) is 4.90 Å². The molecule has 0 aliphatic carbocycles. The molecule has 0 aliphatic heterocycles. The standard InChI is InChI=1S/C25H25FN6O2/c1-7-8-32-19(16-9-15(13-27)10-17(26)11-16)12-18-21-20(28-14-30(21)5)23(29-22(18)32)31(6)24(33)34-25(2,3)4/h7,9-12,14H,1,8H2,2-6H3. The summed E-state index contributed by atoms with van der Waals surface area (Å²) in [5.41, 5.74) is 2.60. The van der Waals surface area contributed by atoms with Crippen LogP contribution in [-0.4, -0.2) is 37.8 Å². The molecule has 1 amide bonds. The number of amides is 1. The van der Waals surface area contributed by atoms with Gasteiger partial charge in [0.05, 0.1) is 29.2 Å². The first-order valence-corrected chi connectivity index (χ1v) is 10.7. The Morgan fingerprint density at radius 3 is 2.71 bits per heavy atom. The predicted octanol–water partition coefficient (Wildman–Crippen LogP) is 5.16. The summed E-state index contributed by atoms with van der Waals surface area (Å²) >= 11 is 0. The maximum atomic E-state index is 14.3. The monoisotopic (exact) mass is 460 g/mol. The van der Waals surface area contributed by atoms with Crippen LogP contribution in [0.5, 0.6) is 0 Å². The van der Waals surface area contributed by atoms with Gasteiger partial charge in [-0.25, -0.2) is 19.2 Å². The number of rotatable bonds is 4. The smallest absolute Gasteiger partial charge is 0.415 e. The van der Waals surface area contributed by atoms with Gasteiger partial charge < -0.3 is 13.9 Å². The van der Waals surface area contributed by atoms with Crippen LogP contribution in [0.3, 0.4) is 0 Å². The third-order valence-corrected chi connectivity index (χ3v) is 5.30. The van der Waals surface area contributed by atoms with E-state index in [2.05, 4.69) is 11.6 Å². The van der Waals surface area contributed by atoms with Gasteiger partial charge in [-0.2, -0.15) is 5.26 Å². The Kier molecular flexibility index (Phi) is 5.61. The molecule has 0 saturated heterocycles. The second-order valence-corrected chi connectivity index (χ2v) is 9.03. The Bertz CT molecular complexity index is 1490. The zero-order valence-corrected chi connectivity index (χ0v) is 19.8. The van der Waals surface area contributed by atoms with Gasteiger partial charge in [-0.15, -0.1) is 6.58 Å². The van der Waals surface area contributed by atoms with Gasteiger partial charge >= 0.3 is 6.09 Å². The zero-order chi connectivity index (χ0) is 24.8. The van der Waals surface area contributed by atoms with Crippen molar-refractivity contribution in [3.63, 3.8) is 0 Å². The molecule has 0 aliphatic rings. The number of pyridine rings is 1. The molecule has 0 unspecified atom stereocenters. The molecule has 9 heteroatoms. The number of benzene rings is 1. The van der Waals surface area contributed by atoms with Gasteiger partial charge in [-0.1, -0.05) is 6.08 Å². The van der Waals surface area contributed by atoms with Gasteiger partial charge in [0.1, 0.15) is 22.6 Å². The number of anilines is 1. The van der Waals surface area contributed by atoms with E-state index >= 15 is 0 Å². The molecule has 0 N–H and O–H groups in total. The molecule has 0 spiro atoms. The lowest BCUT2D eigenvalue weighted by molar-refractivity contribution is 0.0588. The van der Waals surface area contributed by atoms with Gasteiger partial charge in [0, 0.05) is 31.6 Å². The molecule has 34 heavy (non-hydrogen) atoms. The number of halogens is 1. The number of nitriles is 1. The SMILES string of the molecule is C=CCn1c(-c2cc(F)cc(C#N)c2)cc2c3c(ncn3C)c(N(C)C(=O)OC(C)(C)C)nc21. The van der Waals surface area contributed by atoms with Crippen LogP contribution in [0.4, 0.5) is 15.0 Å². The van der Waals surface area contributed by atoms with Crippen LogP contribution < -0.4 is 4.90 Å². The summed E-state index contributed by atoms with van der Waals surface area (Å²) in [6, 6.07) is 8.09. The van der Waals surface area contributed by atoms with E-state index in [0.717, 1.165) is 10.9 Å². The Balaban J connectivity index is 2.02. The van der Waals surface area contributed by atoms with Crippen molar-refractivity contribution in [3.05, 3.63) is 54.6 Å². The highest BCUT2D eigenvalue weighted by atomic mass is 19.1. The van der Waals surface area contributed by atoms with E-state index in [1.807, 2.05) is 28.3 Å². The fourth-order valence-electron chi connectivity index (χ4n) is 3.90.